The zero-order valence-corrected chi connectivity index (χ0v) is 12.2. The number of likely N-dealkylation sites (tertiary alicyclic amines) is 1. The summed E-state index contributed by atoms with van der Waals surface area (Å²) in [6.45, 7) is 6.47. The lowest BCUT2D eigenvalue weighted by molar-refractivity contribution is -0.133. The molecule has 2 fully saturated rings. The molecule has 1 aliphatic heterocycles. The molecule has 0 aromatic rings. The van der Waals surface area contributed by atoms with Crippen molar-refractivity contribution >= 4 is 5.91 Å². The molecule has 4 nitrogen and oxygen atoms in total. The molecule has 1 N–H and O–H groups in total. The molecule has 0 aromatic carbocycles. The van der Waals surface area contributed by atoms with E-state index in [9.17, 15) is 4.79 Å². The molecule has 1 heterocycles. The van der Waals surface area contributed by atoms with Crippen LogP contribution < -0.4 is 5.32 Å². The van der Waals surface area contributed by atoms with Crippen molar-refractivity contribution in [2.24, 2.45) is 5.92 Å². The van der Waals surface area contributed by atoms with Crippen molar-refractivity contribution in [1.82, 2.24) is 10.2 Å². The predicted molar refractivity (Wildman–Crippen MR) is 76.1 cm³/mol. The Morgan fingerprint density at radius 1 is 1.32 bits per heavy atom. The van der Waals surface area contributed by atoms with Gasteiger partial charge in [0.1, 0.15) is 0 Å². The van der Waals surface area contributed by atoms with Crippen molar-refractivity contribution in [3.05, 3.63) is 0 Å². The minimum Gasteiger partial charge on any atom is -0.381 e. The maximum atomic E-state index is 12.1. The molecule has 0 radical (unpaired) electrons. The summed E-state index contributed by atoms with van der Waals surface area (Å²) >= 11 is 0. The molecular formula is C15H28N2O2. The number of piperidine rings is 1. The van der Waals surface area contributed by atoms with Crippen LogP contribution in [0.4, 0.5) is 0 Å². The molecule has 110 valence electrons. The van der Waals surface area contributed by atoms with Crippen LogP contribution in [0.15, 0.2) is 0 Å². The maximum Gasteiger partial charge on any atom is 0.239 e. The maximum absolute atomic E-state index is 12.1. The van der Waals surface area contributed by atoms with Crippen molar-refractivity contribution in [3.63, 3.8) is 0 Å². The normalized spacial score (nSPS) is 21.4. The summed E-state index contributed by atoms with van der Waals surface area (Å²) in [5.41, 5.74) is 0. The lowest BCUT2D eigenvalue weighted by Gasteiger charge is -2.29. The second kappa shape index (κ2) is 7.85. The van der Waals surface area contributed by atoms with Crippen LogP contribution in [0.3, 0.4) is 0 Å². The highest BCUT2D eigenvalue weighted by molar-refractivity contribution is 5.81. The second-order valence-corrected chi connectivity index (χ2v) is 5.93. The fourth-order valence-electron chi connectivity index (χ4n) is 2.50. The van der Waals surface area contributed by atoms with Crippen molar-refractivity contribution < 1.29 is 9.53 Å². The summed E-state index contributed by atoms with van der Waals surface area (Å²) in [6, 6.07) is -0.0541. The number of carbonyl (C=O) groups is 1. The van der Waals surface area contributed by atoms with Crippen LogP contribution in [0.2, 0.25) is 0 Å². The minimum atomic E-state index is -0.0541. The topological polar surface area (TPSA) is 41.6 Å². The Kier molecular flexibility index (Phi) is 6.11. The zero-order chi connectivity index (χ0) is 13.5. The first-order chi connectivity index (χ1) is 9.27. The third kappa shape index (κ3) is 5.49. The fourth-order valence-corrected chi connectivity index (χ4v) is 2.50. The second-order valence-electron chi connectivity index (χ2n) is 5.93. The van der Waals surface area contributed by atoms with Crippen molar-refractivity contribution in [2.75, 3.05) is 32.8 Å². The van der Waals surface area contributed by atoms with E-state index in [1.54, 1.807) is 0 Å². The van der Waals surface area contributed by atoms with Crippen LogP contribution in [0, 0.1) is 5.92 Å². The molecule has 1 saturated carbocycles. The largest absolute Gasteiger partial charge is 0.381 e. The summed E-state index contributed by atoms with van der Waals surface area (Å²) in [4.78, 5) is 14.2. The van der Waals surface area contributed by atoms with Crippen molar-refractivity contribution in [1.29, 1.82) is 0 Å². The predicted octanol–water partition coefficient (Wildman–Crippen LogP) is 1.79. The highest BCUT2D eigenvalue weighted by Gasteiger charge is 2.22. The van der Waals surface area contributed by atoms with E-state index in [4.69, 9.17) is 4.74 Å². The molecule has 1 amide bonds. The molecule has 2 rings (SSSR count). The van der Waals surface area contributed by atoms with Crippen LogP contribution in [-0.4, -0.2) is 49.7 Å². The number of nitrogens with zero attached hydrogens (tertiary/aromatic N) is 1. The van der Waals surface area contributed by atoms with Crippen molar-refractivity contribution in [3.8, 4) is 0 Å². The molecule has 2 aliphatic rings. The van der Waals surface area contributed by atoms with Crippen LogP contribution in [0.25, 0.3) is 0 Å². The quantitative estimate of drug-likeness (QED) is 0.682. The Hall–Kier alpha value is -0.610. The zero-order valence-electron chi connectivity index (χ0n) is 12.2. The first-order valence-corrected chi connectivity index (χ1v) is 7.87. The highest BCUT2D eigenvalue weighted by Crippen LogP contribution is 2.28. The Balaban J connectivity index is 1.49. The van der Waals surface area contributed by atoms with Gasteiger partial charge >= 0.3 is 0 Å². The Bertz CT molecular complexity index is 273. The smallest absolute Gasteiger partial charge is 0.239 e. The molecule has 4 heteroatoms. The van der Waals surface area contributed by atoms with Crippen molar-refractivity contribution in [2.45, 2.75) is 51.5 Å². The minimum absolute atomic E-state index is 0.0541. The average Bonchev–Trinajstić information content (AvgIpc) is 3.26. The van der Waals surface area contributed by atoms with Gasteiger partial charge in [-0.3, -0.25) is 4.79 Å². The van der Waals surface area contributed by atoms with Crippen LogP contribution in [0.1, 0.15) is 45.4 Å². The van der Waals surface area contributed by atoms with E-state index in [1.165, 1.54) is 19.3 Å². The molecule has 1 saturated heterocycles. The van der Waals surface area contributed by atoms with Crippen LogP contribution in [-0.2, 0) is 9.53 Å². The van der Waals surface area contributed by atoms with Gasteiger partial charge in [0.05, 0.1) is 6.04 Å². The van der Waals surface area contributed by atoms with Gasteiger partial charge in [0.25, 0.3) is 0 Å². The van der Waals surface area contributed by atoms with Gasteiger partial charge in [-0.15, -0.1) is 0 Å². The molecule has 1 unspecified atom stereocenters. The Morgan fingerprint density at radius 2 is 2.05 bits per heavy atom. The van der Waals surface area contributed by atoms with Gasteiger partial charge < -0.3 is 15.0 Å². The SMILES string of the molecule is CC(NCCCOCC1CC1)C(=O)N1CCCCC1. The molecule has 0 bridgehead atoms. The van der Waals surface area contributed by atoms with E-state index < -0.39 is 0 Å². The first-order valence-electron chi connectivity index (χ1n) is 7.87. The summed E-state index contributed by atoms with van der Waals surface area (Å²) < 4.78 is 5.58. The highest BCUT2D eigenvalue weighted by atomic mass is 16.5. The molecule has 0 spiro atoms. The summed E-state index contributed by atoms with van der Waals surface area (Å²) in [5.74, 6) is 1.10. The standard InChI is InChI=1S/C15H28N2O2/c1-13(15(18)17-9-3-2-4-10-17)16-8-5-11-19-12-14-6-7-14/h13-14,16H,2-12H2,1H3. The lowest BCUT2D eigenvalue weighted by Crippen LogP contribution is -2.47. The third-order valence-electron chi connectivity index (χ3n) is 4.00. The molecule has 1 aliphatic carbocycles. The third-order valence-corrected chi connectivity index (χ3v) is 4.00. The van der Waals surface area contributed by atoms with Crippen LogP contribution in [0.5, 0.6) is 0 Å². The van der Waals surface area contributed by atoms with E-state index in [1.807, 2.05) is 11.8 Å². The first kappa shape index (κ1) is 14.8. The number of hydrogen-bond donors (Lipinski definition) is 1. The summed E-state index contributed by atoms with van der Waals surface area (Å²) in [6.07, 6.45) is 7.27. The molecule has 19 heavy (non-hydrogen) atoms. The van der Waals surface area contributed by atoms with Gasteiger partial charge in [0, 0.05) is 26.3 Å². The number of nitrogens with one attached hydrogen (secondary N) is 1. The van der Waals surface area contributed by atoms with Gasteiger partial charge in [0.2, 0.25) is 5.91 Å². The van der Waals surface area contributed by atoms with E-state index >= 15 is 0 Å². The number of ether oxygens (including phenoxy) is 1. The Morgan fingerprint density at radius 3 is 2.74 bits per heavy atom. The number of amides is 1. The monoisotopic (exact) mass is 268 g/mol. The van der Waals surface area contributed by atoms with Gasteiger partial charge in [-0.05, 0) is 57.9 Å². The fraction of sp³-hybridized carbons (Fsp3) is 0.933. The van der Waals surface area contributed by atoms with E-state index in [0.29, 0.717) is 0 Å². The number of rotatable bonds is 8. The Labute approximate surface area is 116 Å². The average molecular weight is 268 g/mol. The van der Waals surface area contributed by atoms with Crippen LogP contribution >= 0.6 is 0 Å². The number of carbonyl (C=O) groups excluding carboxylic acids is 1. The van der Waals surface area contributed by atoms with Gasteiger partial charge in [-0.2, -0.15) is 0 Å². The summed E-state index contributed by atoms with van der Waals surface area (Å²) in [5, 5.41) is 3.31. The molecular weight excluding hydrogens is 240 g/mol. The number of hydrogen-bond acceptors (Lipinski definition) is 3. The molecule has 0 aromatic heterocycles. The van der Waals surface area contributed by atoms with E-state index in [-0.39, 0.29) is 11.9 Å². The van der Waals surface area contributed by atoms with E-state index in [2.05, 4.69) is 5.32 Å². The van der Waals surface area contributed by atoms with Gasteiger partial charge in [-0.1, -0.05) is 0 Å². The van der Waals surface area contributed by atoms with Gasteiger partial charge in [-0.25, -0.2) is 0 Å². The van der Waals surface area contributed by atoms with E-state index in [0.717, 1.165) is 58.0 Å². The van der Waals surface area contributed by atoms with Gasteiger partial charge in [0.15, 0.2) is 0 Å². The lowest BCUT2D eigenvalue weighted by atomic mass is 10.1. The molecule has 1 atom stereocenters. The summed E-state index contributed by atoms with van der Waals surface area (Å²) in [7, 11) is 0.